The molecule has 5 nitrogen and oxygen atoms in total. The number of thiophene rings is 1. The summed E-state index contributed by atoms with van der Waals surface area (Å²) < 4.78 is 0. The fourth-order valence-electron chi connectivity index (χ4n) is 4.10. The van der Waals surface area contributed by atoms with Gasteiger partial charge in [0.05, 0.1) is 17.4 Å². The van der Waals surface area contributed by atoms with E-state index in [0.717, 1.165) is 31.2 Å². The van der Waals surface area contributed by atoms with Gasteiger partial charge >= 0.3 is 5.97 Å². The minimum absolute atomic E-state index is 0.290. The van der Waals surface area contributed by atoms with E-state index < -0.39 is 17.8 Å². The number of carbonyl (C=O) groups is 2. The van der Waals surface area contributed by atoms with Crippen LogP contribution < -0.4 is 5.32 Å². The number of aliphatic carboxylic acids is 1. The molecular formula is C20H24N2O3S. The van der Waals surface area contributed by atoms with Crippen LogP contribution in [0.5, 0.6) is 0 Å². The van der Waals surface area contributed by atoms with Crippen molar-refractivity contribution in [1.29, 1.82) is 5.26 Å². The molecule has 2 aliphatic rings. The highest BCUT2D eigenvalue weighted by atomic mass is 32.1. The molecule has 1 aromatic rings. The van der Waals surface area contributed by atoms with Crippen molar-refractivity contribution in [2.24, 2.45) is 17.8 Å². The van der Waals surface area contributed by atoms with Crippen LogP contribution in [-0.4, -0.2) is 17.0 Å². The molecule has 0 spiro atoms. The van der Waals surface area contributed by atoms with Crippen LogP contribution in [0.3, 0.4) is 0 Å². The Morgan fingerprint density at radius 2 is 2.08 bits per heavy atom. The summed E-state index contributed by atoms with van der Waals surface area (Å²) in [7, 11) is 0. The summed E-state index contributed by atoms with van der Waals surface area (Å²) >= 11 is 1.50. The van der Waals surface area contributed by atoms with Crippen LogP contribution in [0.2, 0.25) is 0 Å². The van der Waals surface area contributed by atoms with Crippen molar-refractivity contribution in [3.05, 3.63) is 28.2 Å². The van der Waals surface area contributed by atoms with Crippen molar-refractivity contribution >= 4 is 28.2 Å². The lowest BCUT2D eigenvalue weighted by Crippen LogP contribution is -2.34. The van der Waals surface area contributed by atoms with Crippen LogP contribution in [0.4, 0.5) is 5.00 Å². The molecule has 1 amide bonds. The minimum atomic E-state index is -0.942. The molecule has 1 aromatic heterocycles. The van der Waals surface area contributed by atoms with Gasteiger partial charge in [0.2, 0.25) is 5.91 Å². The summed E-state index contributed by atoms with van der Waals surface area (Å²) in [4.78, 5) is 25.4. The van der Waals surface area contributed by atoms with Gasteiger partial charge in [0.15, 0.2) is 0 Å². The van der Waals surface area contributed by atoms with Crippen molar-refractivity contribution in [2.75, 3.05) is 5.32 Å². The van der Waals surface area contributed by atoms with Crippen LogP contribution in [0.25, 0.3) is 0 Å². The molecule has 26 heavy (non-hydrogen) atoms. The number of nitrogens with one attached hydrogen (secondary N) is 1. The third-order valence-electron chi connectivity index (χ3n) is 5.50. The SMILES string of the molecule is CCC[C@@H]1CCc2c(sc(NC(=O)[C@H]3CC=CC[C@H]3C(=O)O)c2C#N)C1. The quantitative estimate of drug-likeness (QED) is 0.760. The Morgan fingerprint density at radius 1 is 1.35 bits per heavy atom. The van der Waals surface area contributed by atoms with Crippen LogP contribution in [-0.2, 0) is 22.4 Å². The molecule has 2 N–H and O–H groups in total. The predicted molar refractivity (Wildman–Crippen MR) is 101 cm³/mol. The average Bonchev–Trinajstić information content (AvgIpc) is 2.98. The maximum Gasteiger partial charge on any atom is 0.307 e. The summed E-state index contributed by atoms with van der Waals surface area (Å²) in [6.07, 6.45) is 9.79. The molecule has 2 aliphatic carbocycles. The highest BCUT2D eigenvalue weighted by molar-refractivity contribution is 7.16. The molecule has 0 aliphatic heterocycles. The number of nitriles is 1. The maximum absolute atomic E-state index is 12.7. The molecule has 1 heterocycles. The molecular weight excluding hydrogens is 348 g/mol. The summed E-state index contributed by atoms with van der Waals surface area (Å²) in [6, 6.07) is 2.26. The van der Waals surface area contributed by atoms with Crippen LogP contribution in [0, 0.1) is 29.1 Å². The Labute approximate surface area is 157 Å². The number of hydrogen-bond acceptors (Lipinski definition) is 4. The Morgan fingerprint density at radius 3 is 2.73 bits per heavy atom. The lowest BCUT2D eigenvalue weighted by molar-refractivity contribution is -0.146. The van der Waals surface area contributed by atoms with Crippen molar-refractivity contribution < 1.29 is 14.7 Å². The number of amides is 1. The smallest absolute Gasteiger partial charge is 0.307 e. The number of carboxylic acid groups (broad SMARTS) is 1. The predicted octanol–water partition coefficient (Wildman–Crippen LogP) is 4.13. The Hall–Kier alpha value is -2.13. The van der Waals surface area contributed by atoms with Gasteiger partial charge in [0.1, 0.15) is 11.1 Å². The number of rotatable bonds is 5. The zero-order valence-corrected chi connectivity index (χ0v) is 15.8. The topological polar surface area (TPSA) is 90.2 Å². The number of carbonyl (C=O) groups excluding carboxylic acids is 1. The van der Waals surface area contributed by atoms with Crippen LogP contribution in [0.1, 0.15) is 55.0 Å². The van der Waals surface area contributed by atoms with Gasteiger partial charge in [-0.2, -0.15) is 5.26 Å². The first-order valence-corrected chi connectivity index (χ1v) is 10.1. The number of fused-ring (bicyclic) bond motifs is 1. The number of nitrogens with zero attached hydrogens (tertiary/aromatic N) is 1. The van der Waals surface area contributed by atoms with E-state index in [9.17, 15) is 20.0 Å². The largest absolute Gasteiger partial charge is 0.481 e. The van der Waals surface area contributed by atoms with Gasteiger partial charge in [0.25, 0.3) is 0 Å². The molecule has 3 rings (SSSR count). The Kier molecular flexibility index (Phi) is 5.77. The first kappa shape index (κ1) is 18.7. The number of hydrogen-bond donors (Lipinski definition) is 2. The molecule has 0 saturated carbocycles. The van der Waals surface area contributed by atoms with Gasteiger partial charge in [0, 0.05) is 4.88 Å². The van der Waals surface area contributed by atoms with Gasteiger partial charge in [-0.05, 0) is 43.6 Å². The van der Waals surface area contributed by atoms with Crippen molar-refractivity contribution in [3.63, 3.8) is 0 Å². The van der Waals surface area contributed by atoms with Crippen LogP contribution in [0.15, 0.2) is 12.2 Å². The Balaban J connectivity index is 1.80. The van der Waals surface area contributed by atoms with Gasteiger partial charge < -0.3 is 10.4 Å². The highest BCUT2D eigenvalue weighted by Crippen LogP contribution is 2.41. The normalized spacial score (nSPS) is 24.5. The first-order chi connectivity index (χ1) is 12.5. The highest BCUT2D eigenvalue weighted by Gasteiger charge is 2.35. The van der Waals surface area contributed by atoms with E-state index in [1.807, 2.05) is 12.2 Å². The Bertz CT molecular complexity index is 775. The molecule has 0 bridgehead atoms. The zero-order chi connectivity index (χ0) is 18.7. The second kappa shape index (κ2) is 8.05. The lowest BCUT2D eigenvalue weighted by Gasteiger charge is -2.23. The number of carboxylic acids is 1. The average molecular weight is 372 g/mol. The maximum atomic E-state index is 12.7. The number of anilines is 1. The summed E-state index contributed by atoms with van der Waals surface area (Å²) in [5, 5.41) is 22.4. The van der Waals surface area contributed by atoms with E-state index >= 15 is 0 Å². The molecule has 0 saturated heterocycles. The lowest BCUT2D eigenvalue weighted by atomic mass is 9.82. The van der Waals surface area contributed by atoms with E-state index in [2.05, 4.69) is 18.3 Å². The fourth-order valence-corrected chi connectivity index (χ4v) is 5.41. The molecule has 0 unspecified atom stereocenters. The molecule has 3 atom stereocenters. The third kappa shape index (κ3) is 3.68. The summed E-state index contributed by atoms with van der Waals surface area (Å²) in [6.45, 7) is 2.19. The molecule has 6 heteroatoms. The summed E-state index contributed by atoms with van der Waals surface area (Å²) in [5.74, 6) is -1.86. The van der Waals surface area contributed by atoms with Gasteiger partial charge in [-0.15, -0.1) is 11.3 Å². The molecule has 0 radical (unpaired) electrons. The molecule has 138 valence electrons. The first-order valence-electron chi connectivity index (χ1n) is 9.28. The van der Waals surface area contributed by atoms with Crippen molar-refractivity contribution in [3.8, 4) is 6.07 Å². The van der Waals surface area contributed by atoms with Gasteiger partial charge in [-0.1, -0.05) is 31.9 Å². The van der Waals surface area contributed by atoms with E-state index in [-0.39, 0.29) is 5.91 Å². The van der Waals surface area contributed by atoms with Crippen molar-refractivity contribution in [1.82, 2.24) is 0 Å². The minimum Gasteiger partial charge on any atom is -0.481 e. The van der Waals surface area contributed by atoms with E-state index in [1.165, 1.54) is 22.6 Å². The van der Waals surface area contributed by atoms with E-state index in [1.54, 1.807) is 0 Å². The van der Waals surface area contributed by atoms with E-state index in [4.69, 9.17) is 0 Å². The molecule has 0 fully saturated rings. The third-order valence-corrected chi connectivity index (χ3v) is 6.67. The fraction of sp³-hybridized carbons (Fsp3) is 0.550. The van der Waals surface area contributed by atoms with Crippen molar-refractivity contribution in [2.45, 2.75) is 51.9 Å². The second-order valence-electron chi connectivity index (χ2n) is 7.20. The van der Waals surface area contributed by atoms with Gasteiger partial charge in [-0.25, -0.2) is 0 Å². The second-order valence-corrected chi connectivity index (χ2v) is 8.31. The monoisotopic (exact) mass is 372 g/mol. The zero-order valence-electron chi connectivity index (χ0n) is 15.0. The van der Waals surface area contributed by atoms with Gasteiger partial charge in [-0.3, -0.25) is 9.59 Å². The van der Waals surface area contributed by atoms with E-state index in [0.29, 0.717) is 29.3 Å². The number of allylic oxidation sites excluding steroid dienone is 2. The summed E-state index contributed by atoms with van der Waals surface area (Å²) in [5.41, 5.74) is 1.66. The van der Waals surface area contributed by atoms with Crippen LogP contribution >= 0.6 is 11.3 Å². The standard InChI is InChI=1S/C20H24N2O3S/c1-2-5-12-8-9-13-16(11-21)19(26-17(13)10-12)22-18(23)14-6-3-4-7-15(14)20(24)25/h3-4,12,14-15H,2,5-10H2,1H3,(H,22,23)(H,24,25)/t12-,14+,15-/m1/s1. The molecule has 0 aromatic carbocycles.